The molecule has 3 aromatic rings. The highest BCUT2D eigenvalue weighted by atomic mass is 16.2. The van der Waals surface area contributed by atoms with Crippen molar-refractivity contribution in [2.45, 2.75) is 19.8 Å². The number of nitrogens with zero attached hydrogens (tertiary/aromatic N) is 6. The van der Waals surface area contributed by atoms with Gasteiger partial charge in [0.1, 0.15) is 5.69 Å². The van der Waals surface area contributed by atoms with Gasteiger partial charge in [0.05, 0.1) is 0 Å². The molecule has 0 saturated carbocycles. The molecule has 160 valence electrons. The van der Waals surface area contributed by atoms with E-state index in [9.17, 15) is 4.79 Å². The topological polar surface area (TPSA) is 65.5 Å². The lowest BCUT2D eigenvalue weighted by atomic mass is 9.99. The molecule has 2 aromatic heterocycles. The number of anilines is 2. The Bertz CT molecular complexity index is 1050. The maximum absolute atomic E-state index is 13.1. The number of benzene rings is 1. The number of hydrogen-bond acceptors (Lipinski definition) is 6. The molecule has 2 fully saturated rings. The minimum Gasteiger partial charge on any atom is -0.355 e. The van der Waals surface area contributed by atoms with E-state index in [1.165, 1.54) is 12.8 Å². The molecule has 31 heavy (non-hydrogen) atoms. The zero-order valence-corrected chi connectivity index (χ0v) is 17.9. The maximum atomic E-state index is 13.1. The minimum absolute atomic E-state index is 0.00258. The van der Waals surface area contributed by atoms with E-state index in [4.69, 9.17) is 0 Å². The van der Waals surface area contributed by atoms with Crippen molar-refractivity contribution < 1.29 is 4.79 Å². The first kappa shape index (κ1) is 19.7. The number of aromatic nitrogens is 3. The zero-order valence-electron chi connectivity index (χ0n) is 17.9. The van der Waals surface area contributed by atoms with Crippen LogP contribution in [-0.4, -0.2) is 65.3 Å². The van der Waals surface area contributed by atoms with Gasteiger partial charge in [-0.1, -0.05) is 31.2 Å². The summed E-state index contributed by atoms with van der Waals surface area (Å²) in [5.41, 5.74) is 0.534. The summed E-state index contributed by atoms with van der Waals surface area (Å²) in [6.07, 6.45) is 4.14. The first-order chi connectivity index (χ1) is 15.2. The van der Waals surface area contributed by atoms with E-state index in [1.54, 1.807) is 6.20 Å². The Morgan fingerprint density at radius 3 is 2.16 bits per heavy atom. The predicted octanol–water partition coefficient (Wildman–Crippen LogP) is 3.22. The molecular formula is C24H28N6O. The molecule has 4 heterocycles. The molecule has 7 nitrogen and oxygen atoms in total. The predicted molar refractivity (Wildman–Crippen MR) is 123 cm³/mol. The molecular weight excluding hydrogens is 388 g/mol. The molecule has 0 N–H and O–H groups in total. The fourth-order valence-corrected chi connectivity index (χ4v) is 4.47. The van der Waals surface area contributed by atoms with Gasteiger partial charge in [-0.05, 0) is 42.3 Å². The summed E-state index contributed by atoms with van der Waals surface area (Å²) in [6, 6.07) is 14.0. The van der Waals surface area contributed by atoms with Gasteiger partial charge in [-0.15, -0.1) is 10.2 Å². The van der Waals surface area contributed by atoms with Gasteiger partial charge in [0, 0.05) is 50.9 Å². The number of pyridine rings is 1. The Balaban J connectivity index is 1.22. The number of fused-ring (bicyclic) bond motifs is 1. The van der Waals surface area contributed by atoms with Gasteiger partial charge in [-0.2, -0.15) is 0 Å². The number of carbonyl (C=O) groups excluding carboxylic acids is 1. The lowest BCUT2D eigenvalue weighted by molar-refractivity contribution is 0.0743. The van der Waals surface area contributed by atoms with Crippen molar-refractivity contribution in [3.8, 4) is 0 Å². The zero-order chi connectivity index (χ0) is 21.2. The third-order valence-electron chi connectivity index (χ3n) is 6.51. The lowest BCUT2D eigenvalue weighted by Gasteiger charge is -2.35. The second kappa shape index (κ2) is 8.49. The Labute approximate surface area is 182 Å². The van der Waals surface area contributed by atoms with Crippen molar-refractivity contribution in [1.82, 2.24) is 20.1 Å². The summed E-state index contributed by atoms with van der Waals surface area (Å²) < 4.78 is 0. The monoisotopic (exact) mass is 416 g/mol. The second-order valence-corrected chi connectivity index (χ2v) is 8.58. The van der Waals surface area contributed by atoms with E-state index in [2.05, 4.69) is 44.0 Å². The minimum atomic E-state index is -0.00258. The van der Waals surface area contributed by atoms with Crippen molar-refractivity contribution in [3.05, 3.63) is 54.4 Å². The summed E-state index contributed by atoms with van der Waals surface area (Å²) in [7, 11) is 0. The van der Waals surface area contributed by atoms with Gasteiger partial charge >= 0.3 is 0 Å². The molecule has 2 aliphatic rings. The molecule has 0 bridgehead atoms. The highest BCUT2D eigenvalue weighted by Crippen LogP contribution is 2.23. The molecule has 0 unspecified atom stereocenters. The molecule has 1 amide bonds. The summed E-state index contributed by atoms with van der Waals surface area (Å²) in [4.78, 5) is 23.9. The number of piperidine rings is 1. The van der Waals surface area contributed by atoms with Crippen molar-refractivity contribution >= 4 is 28.3 Å². The van der Waals surface area contributed by atoms with Crippen LogP contribution < -0.4 is 9.80 Å². The van der Waals surface area contributed by atoms with Gasteiger partial charge < -0.3 is 14.7 Å². The standard InChI is InChI=1S/C24H28N6O/c1-18-9-12-28(13-10-18)21-6-7-22(27-26-21)29-14-16-30(17-15-29)24(31)23-20-5-3-2-4-19(20)8-11-25-23/h2-8,11,18H,9-10,12-17H2,1H3. The van der Waals surface area contributed by atoms with Crippen molar-refractivity contribution in [2.24, 2.45) is 5.92 Å². The maximum Gasteiger partial charge on any atom is 0.273 e. The SMILES string of the molecule is CC1CCN(c2ccc(N3CCN(C(=O)c4nccc5ccccc45)CC3)nn2)CC1. The van der Waals surface area contributed by atoms with Crippen LogP contribution in [0.1, 0.15) is 30.3 Å². The molecule has 7 heteroatoms. The van der Waals surface area contributed by atoms with Crippen LogP contribution in [0.4, 0.5) is 11.6 Å². The first-order valence-corrected chi connectivity index (χ1v) is 11.2. The molecule has 2 aliphatic heterocycles. The fraction of sp³-hybridized carbons (Fsp3) is 0.417. The average molecular weight is 417 g/mol. The van der Waals surface area contributed by atoms with Crippen LogP contribution >= 0.6 is 0 Å². The van der Waals surface area contributed by atoms with Gasteiger partial charge in [-0.25, -0.2) is 0 Å². The van der Waals surface area contributed by atoms with Gasteiger partial charge in [0.25, 0.3) is 5.91 Å². The summed E-state index contributed by atoms with van der Waals surface area (Å²) >= 11 is 0. The Morgan fingerprint density at radius 2 is 1.48 bits per heavy atom. The van der Waals surface area contributed by atoms with E-state index in [0.29, 0.717) is 18.8 Å². The Hall–Kier alpha value is -3.22. The number of piperazine rings is 1. The van der Waals surface area contributed by atoms with E-state index in [-0.39, 0.29) is 5.91 Å². The van der Waals surface area contributed by atoms with Crippen LogP contribution in [0.2, 0.25) is 0 Å². The largest absolute Gasteiger partial charge is 0.355 e. The molecule has 5 rings (SSSR count). The van der Waals surface area contributed by atoms with Crippen LogP contribution in [0.15, 0.2) is 48.7 Å². The van der Waals surface area contributed by atoms with E-state index < -0.39 is 0 Å². The molecule has 2 saturated heterocycles. The van der Waals surface area contributed by atoms with Crippen molar-refractivity contribution in [3.63, 3.8) is 0 Å². The van der Waals surface area contributed by atoms with Crippen LogP contribution in [0.3, 0.4) is 0 Å². The summed E-state index contributed by atoms with van der Waals surface area (Å²) in [5.74, 6) is 2.64. The van der Waals surface area contributed by atoms with Gasteiger partial charge in [-0.3, -0.25) is 9.78 Å². The highest BCUT2D eigenvalue weighted by Gasteiger charge is 2.25. The number of carbonyl (C=O) groups is 1. The average Bonchev–Trinajstić information content (AvgIpc) is 2.84. The van der Waals surface area contributed by atoms with Crippen molar-refractivity contribution in [1.29, 1.82) is 0 Å². The van der Waals surface area contributed by atoms with Crippen LogP contribution in [0.25, 0.3) is 10.8 Å². The van der Waals surface area contributed by atoms with E-state index in [1.807, 2.05) is 35.2 Å². The molecule has 0 spiro atoms. The van der Waals surface area contributed by atoms with E-state index in [0.717, 1.165) is 54.5 Å². The number of amides is 1. The molecule has 0 radical (unpaired) electrons. The Kier molecular flexibility index (Phi) is 5.40. The normalized spacial score (nSPS) is 17.9. The summed E-state index contributed by atoms with van der Waals surface area (Å²) in [5, 5.41) is 10.9. The Morgan fingerprint density at radius 1 is 0.839 bits per heavy atom. The van der Waals surface area contributed by atoms with Crippen LogP contribution in [0, 0.1) is 5.92 Å². The third kappa shape index (κ3) is 4.04. The van der Waals surface area contributed by atoms with Crippen LogP contribution in [0.5, 0.6) is 0 Å². The lowest BCUT2D eigenvalue weighted by Crippen LogP contribution is -2.49. The van der Waals surface area contributed by atoms with E-state index >= 15 is 0 Å². The van der Waals surface area contributed by atoms with Gasteiger partial charge in [0.2, 0.25) is 0 Å². The first-order valence-electron chi connectivity index (χ1n) is 11.2. The van der Waals surface area contributed by atoms with Crippen molar-refractivity contribution in [2.75, 3.05) is 49.1 Å². The molecule has 0 atom stereocenters. The number of rotatable bonds is 3. The third-order valence-corrected chi connectivity index (χ3v) is 6.51. The highest BCUT2D eigenvalue weighted by molar-refractivity contribution is 6.05. The van der Waals surface area contributed by atoms with Crippen LogP contribution in [-0.2, 0) is 0 Å². The number of hydrogen-bond donors (Lipinski definition) is 0. The quantitative estimate of drug-likeness (QED) is 0.653. The molecule has 0 aliphatic carbocycles. The summed E-state index contributed by atoms with van der Waals surface area (Å²) in [6.45, 7) is 7.20. The second-order valence-electron chi connectivity index (χ2n) is 8.58. The molecule has 1 aromatic carbocycles. The fourth-order valence-electron chi connectivity index (χ4n) is 4.47. The smallest absolute Gasteiger partial charge is 0.273 e. The van der Waals surface area contributed by atoms with Gasteiger partial charge in [0.15, 0.2) is 11.6 Å².